The highest BCUT2D eigenvalue weighted by Gasteiger charge is 2.46. The number of rotatable bonds is 3. The Hall–Kier alpha value is -1.26. The van der Waals surface area contributed by atoms with E-state index in [4.69, 9.17) is 0 Å². The first-order valence-corrected chi connectivity index (χ1v) is 7.79. The summed E-state index contributed by atoms with van der Waals surface area (Å²) in [5.41, 5.74) is -0.813. The highest BCUT2D eigenvalue weighted by atomic mass is 16.4. The van der Waals surface area contributed by atoms with E-state index >= 15 is 0 Å². The summed E-state index contributed by atoms with van der Waals surface area (Å²) < 4.78 is 0. The minimum atomic E-state index is -0.813. The van der Waals surface area contributed by atoms with E-state index in [9.17, 15) is 14.7 Å². The molecule has 0 aliphatic heterocycles. The van der Waals surface area contributed by atoms with Crippen molar-refractivity contribution in [2.75, 3.05) is 0 Å². The van der Waals surface area contributed by atoms with Crippen LogP contribution in [0.5, 0.6) is 0 Å². The molecule has 5 atom stereocenters. The fourth-order valence-electron chi connectivity index (χ4n) is 4.44. The molecule has 2 bridgehead atoms. The summed E-state index contributed by atoms with van der Waals surface area (Å²) in [7, 11) is 0. The molecule has 112 valence electrons. The molecule has 3 N–H and O–H groups in total. The zero-order chi connectivity index (χ0) is 14.3. The first kappa shape index (κ1) is 13.7. The lowest BCUT2D eigenvalue weighted by molar-refractivity contribution is -0.148. The predicted octanol–water partition coefficient (Wildman–Crippen LogP) is 2.12. The first-order valence-electron chi connectivity index (χ1n) is 7.79. The molecule has 2 amide bonds. The van der Waals surface area contributed by atoms with Crippen molar-refractivity contribution in [3.8, 4) is 0 Å². The summed E-state index contributed by atoms with van der Waals surface area (Å²) in [4.78, 5) is 23.5. The highest BCUT2D eigenvalue weighted by Crippen LogP contribution is 2.44. The van der Waals surface area contributed by atoms with Crippen LogP contribution in [0.4, 0.5) is 4.79 Å². The largest absolute Gasteiger partial charge is 0.481 e. The molecule has 0 heterocycles. The van der Waals surface area contributed by atoms with Crippen LogP contribution >= 0.6 is 0 Å². The molecule has 0 aromatic rings. The Bertz CT molecular complexity index is 425. The van der Waals surface area contributed by atoms with E-state index < -0.39 is 11.4 Å². The Morgan fingerprint density at radius 3 is 2.55 bits per heavy atom. The van der Waals surface area contributed by atoms with Crippen LogP contribution in [-0.2, 0) is 4.79 Å². The summed E-state index contributed by atoms with van der Waals surface area (Å²) in [5, 5.41) is 15.3. The molecule has 3 rings (SSSR count). The van der Waals surface area contributed by atoms with Gasteiger partial charge in [-0.05, 0) is 50.9 Å². The van der Waals surface area contributed by atoms with E-state index in [0.29, 0.717) is 18.4 Å². The fourth-order valence-corrected chi connectivity index (χ4v) is 4.44. The van der Waals surface area contributed by atoms with Crippen LogP contribution in [0.1, 0.15) is 51.9 Å². The fraction of sp³-hybridized carbons (Fsp3) is 0.867. The second kappa shape index (κ2) is 4.93. The number of urea groups is 1. The van der Waals surface area contributed by atoms with Gasteiger partial charge in [-0.1, -0.05) is 12.8 Å². The van der Waals surface area contributed by atoms with Gasteiger partial charge in [-0.3, -0.25) is 4.79 Å². The van der Waals surface area contributed by atoms with Gasteiger partial charge in [0.1, 0.15) is 0 Å². The van der Waals surface area contributed by atoms with Crippen LogP contribution in [0.25, 0.3) is 0 Å². The van der Waals surface area contributed by atoms with Crippen LogP contribution in [0.3, 0.4) is 0 Å². The van der Waals surface area contributed by atoms with Gasteiger partial charge in [-0.2, -0.15) is 0 Å². The maximum absolute atomic E-state index is 12.1. The molecule has 5 heteroatoms. The number of carboxylic acids is 1. The summed E-state index contributed by atoms with van der Waals surface area (Å²) in [6, 6.07) is -0.133. The number of aliphatic carboxylic acids is 1. The highest BCUT2D eigenvalue weighted by molar-refractivity contribution is 5.79. The lowest BCUT2D eigenvalue weighted by Crippen LogP contribution is -2.52. The van der Waals surface area contributed by atoms with Crippen LogP contribution in [0.15, 0.2) is 0 Å². The van der Waals surface area contributed by atoms with Crippen LogP contribution in [0.2, 0.25) is 0 Å². The Morgan fingerprint density at radius 2 is 1.95 bits per heavy atom. The van der Waals surface area contributed by atoms with Crippen molar-refractivity contribution in [2.45, 2.75) is 64.0 Å². The van der Waals surface area contributed by atoms with Gasteiger partial charge in [-0.15, -0.1) is 0 Å². The van der Waals surface area contributed by atoms with Crippen molar-refractivity contribution >= 4 is 12.0 Å². The van der Waals surface area contributed by atoms with Gasteiger partial charge in [0.2, 0.25) is 0 Å². The third-order valence-corrected chi connectivity index (χ3v) is 5.81. The van der Waals surface area contributed by atoms with E-state index in [1.807, 2.05) is 0 Å². The van der Waals surface area contributed by atoms with Crippen molar-refractivity contribution in [1.82, 2.24) is 10.6 Å². The van der Waals surface area contributed by atoms with Gasteiger partial charge in [0.05, 0.1) is 5.41 Å². The standard InChI is InChI=1S/C15H24N2O3/c1-15(13(18)19)6-2-3-12(15)17-14(20)16-11-8-9-4-5-10(11)7-9/h9-12H,2-8H2,1H3,(H,18,19)(H2,16,17,20). The normalized spacial score (nSPS) is 42.6. The van der Waals surface area contributed by atoms with Crippen LogP contribution in [-0.4, -0.2) is 29.2 Å². The van der Waals surface area contributed by atoms with E-state index in [1.54, 1.807) is 6.92 Å². The molecule has 0 aromatic carbocycles. The number of hydrogen-bond acceptors (Lipinski definition) is 2. The Labute approximate surface area is 119 Å². The second-order valence-electron chi connectivity index (χ2n) is 7.07. The Morgan fingerprint density at radius 1 is 1.15 bits per heavy atom. The molecular weight excluding hydrogens is 256 g/mol. The lowest BCUT2D eigenvalue weighted by atomic mass is 9.85. The number of carbonyl (C=O) groups excluding carboxylic acids is 1. The average Bonchev–Trinajstić information content (AvgIpc) is 3.06. The van der Waals surface area contributed by atoms with Gasteiger partial charge in [0, 0.05) is 12.1 Å². The lowest BCUT2D eigenvalue weighted by Gasteiger charge is -2.29. The van der Waals surface area contributed by atoms with Gasteiger partial charge in [0.25, 0.3) is 0 Å². The molecule has 3 aliphatic carbocycles. The minimum Gasteiger partial charge on any atom is -0.481 e. The number of hydrogen-bond donors (Lipinski definition) is 3. The van der Waals surface area contributed by atoms with Gasteiger partial charge >= 0.3 is 12.0 Å². The molecular formula is C15H24N2O3. The second-order valence-corrected chi connectivity index (χ2v) is 7.07. The number of carboxylic acid groups (broad SMARTS) is 1. The van der Waals surface area contributed by atoms with Crippen molar-refractivity contribution in [2.24, 2.45) is 17.3 Å². The SMILES string of the molecule is CC1(C(=O)O)CCCC1NC(=O)NC1CC2CCC1C2. The van der Waals surface area contributed by atoms with E-state index in [2.05, 4.69) is 10.6 Å². The molecule has 0 spiro atoms. The molecule has 0 aromatic heterocycles. The maximum atomic E-state index is 12.1. The van der Waals surface area contributed by atoms with Gasteiger partial charge in [-0.25, -0.2) is 4.79 Å². The van der Waals surface area contributed by atoms with Gasteiger partial charge < -0.3 is 15.7 Å². The molecule has 0 saturated heterocycles. The van der Waals surface area contributed by atoms with Crippen molar-refractivity contribution < 1.29 is 14.7 Å². The first-order chi connectivity index (χ1) is 9.49. The number of amides is 2. The van der Waals surface area contributed by atoms with E-state index in [-0.39, 0.29) is 12.1 Å². The van der Waals surface area contributed by atoms with E-state index in [1.165, 1.54) is 19.3 Å². The van der Waals surface area contributed by atoms with Crippen molar-refractivity contribution in [3.63, 3.8) is 0 Å². The van der Waals surface area contributed by atoms with E-state index in [0.717, 1.165) is 25.2 Å². The summed E-state index contributed by atoms with van der Waals surface area (Å²) >= 11 is 0. The molecule has 20 heavy (non-hydrogen) atoms. The summed E-state index contributed by atoms with van der Waals surface area (Å²) in [5.74, 6) is 0.626. The predicted molar refractivity (Wildman–Crippen MR) is 74.3 cm³/mol. The van der Waals surface area contributed by atoms with Crippen LogP contribution in [0, 0.1) is 17.3 Å². The summed E-state index contributed by atoms with van der Waals surface area (Å²) in [6.45, 7) is 1.74. The molecule has 5 nitrogen and oxygen atoms in total. The monoisotopic (exact) mass is 280 g/mol. The average molecular weight is 280 g/mol. The number of carbonyl (C=O) groups is 2. The third-order valence-electron chi connectivity index (χ3n) is 5.81. The van der Waals surface area contributed by atoms with Crippen molar-refractivity contribution in [3.05, 3.63) is 0 Å². The Kier molecular flexibility index (Phi) is 3.38. The zero-order valence-corrected chi connectivity index (χ0v) is 12.0. The van der Waals surface area contributed by atoms with Crippen LogP contribution < -0.4 is 10.6 Å². The molecule has 3 aliphatic rings. The smallest absolute Gasteiger partial charge is 0.315 e. The maximum Gasteiger partial charge on any atom is 0.315 e. The Balaban J connectivity index is 1.55. The number of fused-ring (bicyclic) bond motifs is 2. The molecule has 5 unspecified atom stereocenters. The summed E-state index contributed by atoms with van der Waals surface area (Å²) in [6.07, 6.45) is 7.15. The molecule has 3 fully saturated rings. The quantitative estimate of drug-likeness (QED) is 0.741. The molecule has 0 radical (unpaired) electrons. The third kappa shape index (κ3) is 2.27. The van der Waals surface area contributed by atoms with Crippen molar-refractivity contribution in [1.29, 1.82) is 0 Å². The molecule has 3 saturated carbocycles. The number of nitrogens with one attached hydrogen (secondary N) is 2. The minimum absolute atomic E-state index is 0.179. The zero-order valence-electron chi connectivity index (χ0n) is 12.0. The topological polar surface area (TPSA) is 78.4 Å². The van der Waals surface area contributed by atoms with Gasteiger partial charge in [0.15, 0.2) is 0 Å².